The van der Waals surface area contributed by atoms with E-state index in [0.717, 1.165) is 0 Å². The summed E-state index contributed by atoms with van der Waals surface area (Å²) in [6.07, 6.45) is 0.387. The maximum Gasteiger partial charge on any atom is 0.232 e. The van der Waals surface area contributed by atoms with Gasteiger partial charge < -0.3 is 4.74 Å². The van der Waals surface area contributed by atoms with E-state index in [1.54, 1.807) is 12.1 Å². The van der Waals surface area contributed by atoms with Gasteiger partial charge in [0.2, 0.25) is 10.0 Å². The zero-order valence-electron chi connectivity index (χ0n) is 9.24. The lowest BCUT2D eigenvalue weighted by molar-refractivity contribution is 0.415. The van der Waals surface area contributed by atoms with Gasteiger partial charge in [-0.1, -0.05) is 11.6 Å². The van der Waals surface area contributed by atoms with Crippen LogP contribution in [0.1, 0.15) is 6.42 Å². The third-order valence-corrected chi connectivity index (χ3v) is 3.94. The van der Waals surface area contributed by atoms with Gasteiger partial charge in [0.25, 0.3) is 0 Å². The highest BCUT2D eigenvalue weighted by Gasteiger charge is 2.12. The molecule has 0 amide bonds. The fourth-order valence-electron chi connectivity index (χ4n) is 1.17. The van der Waals surface area contributed by atoms with Crippen molar-refractivity contribution in [3.05, 3.63) is 23.2 Å². The molecule has 0 aliphatic carbocycles. The molecule has 0 fully saturated rings. The SMILES string of the molecule is COc1ccc(Cl)c(NS(=O)(=O)CCCCl)c1. The lowest BCUT2D eigenvalue weighted by Crippen LogP contribution is -2.17. The molecular formula is C10H13Cl2NO3S. The molecule has 0 aliphatic rings. The maximum absolute atomic E-state index is 11.6. The standard InChI is InChI=1S/C10H13Cl2NO3S/c1-16-8-3-4-9(12)10(7-8)13-17(14,15)6-2-5-11/h3-4,7,13H,2,5-6H2,1H3. The normalized spacial score (nSPS) is 11.2. The van der Waals surface area contributed by atoms with Crippen molar-refractivity contribution < 1.29 is 13.2 Å². The average Bonchev–Trinajstić information content (AvgIpc) is 2.29. The number of hydrogen-bond donors (Lipinski definition) is 1. The second kappa shape index (κ2) is 6.33. The van der Waals surface area contributed by atoms with E-state index in [-0.39, 0.29) is 5.75 Å². The summed E-state index contributed by atoms with van der Waals surface area (Å²) in [6.45, 7) is 0. The number of hydrogen-bond acceptors (Lipinski definition) is 3. The molecule has 0 atom stereocenters. The molecule has 0 saturated heterocycles. The molecule has 0 unspecified atom stereocenters. The highest BCUT2D eigenvalue weighted by atomic mass is 35.5. The van der Waals surface area contributed by atoms with Crippen LogP contribution in [0, 0.1) is 0 Å². The van der Waals surface area contributed by atoms with Crippen molar-refractivity contribution in [2.45, 2.75) is 6.42 Å². The van der Waals surface area contributed by atoms with Crippen LogP contribution >= 0.6 is 23.2 Å². The fraction of sp³-hybridized carbons (Fsp3) is 0.400. The third kappa shape index (κ3) is 4.61. The Morgan fingerprint density at radius 2 is 2.12 bits per heavy atom. The number of benzene rings is 1. The van der Waals surface area contributed by atoms with Gasteiger partial charge in [0.05, 0.1) is 23.6 Å². The monoisotopic (exact) mass is 297 g/mol. The Labute approximate surface area is 111 Å². The summed E-state index contributed by atoms with van der Waals surface area (Å²) in [6, 6.07) is 4.75. The van der Waals surface area contributed by atoms with Crippen molar-refractivity contribution in [1.82, 2.24) is 0 Å². The van der Waals surface area contributed by atoms with E-state index in [4.69, 9.17) is 27.9 Å². The van der Waals surface area contributed by atoms with Crippen molar-refractivity contribution in [2.75, 3.05) is 23.5 Å². The van der Waals surface area contributed by atoms with Crippen LogP contribution in [0.2, 0.25) is 5.02 Å². The van der Waals surface area contributed by atoms with Crippen LogP contribution in [0.5, 0.6) is 5.75 Å². The summed E-state index contributed by atoms with van der Waals surface area (Å²) in [4.78, 5) is 0. The predicted molar refractivity (Wildman–Crippen MR) is 70.8 cm³/mol. The third-order valence-electron chi connectivity index (χ3n) is 1.99. The first-order chi connectivity index (χ1) is 7.98. The summed E-state index contributed by atoms with van der Waals surface area (Å²) in [7, 11) is -1.92. The molecular weight excluding hydrogens is 285 g/mol. The van der Waals surface area contributed by atoms with Crippen LogP contribution in [0.3, 0.4) is 0 Å². The number of ether oxygens (including phenoxy) is 1. The van der Waals surface area contributed by atoms with Crippen molar-refractivity contribution in [1.29, 1.82) is 0 Å². The zero-order chi connectivity index (χ0) is 12.9. The molecule has 0 spiro atoms. The van der Waals surface area contributed by atoms with Crippen LogP contribution in [-0.4, -0.2) is 27.2 Å². The highest BCUT2D eigenvalue weighted by Crippen LogP contribution is 2.27. The average molecular weight is 298 g/mol. The van der Waals surface area contributed by atoms with Crippen LogP contribution in [-0.2, 0) is 10.0 Å². The quantitative estimate of drug-likeness (QED) is 0.822. The topological polar surface area (TPSA) is 55.4 Å². The first-order valence-electron chi connectivity index (χ1n) is 4.88. The summed E-state index contributed by atoms with van der Waals surface area (Å²) in [5.41, 5.74) is 0.306. The number of rotatable bonds is 6. The number of anilines is 1. The molecule has 7 heteroatoms. The molecule has 1 aromatic carbocycles. The number of sulfonamides is 1. The number of nitrogens with one attached hydrogen (secondary N) is 1. The Morgan fingerprint density at radius 3 is 2.71 bits per heavy atom. The van der Waals surface area contributed by atoms with Gasteiger partial charge in [-0.3, -0.25) is 4.72 Å². The number of alkyl halides is 1. The van der Waals surface area contributed by atoms with Gasteiger partial charge in [-0.2, -0.15) is 0 Å². The lowest BCUT2D eigenvalue weighted by atomic mass is 10.3. The minimum atomic E-state index is -3.42. The Bertz CT molecular complexity index is 476. The van der Waals surface area contributed by atoms with Gasteiger partial charge >= 0.3 is 0 Å². The maximum atomic E-state index is 11.6. The second-order valence-corrected chi connectivity index (χ2v) is 5.94. The van der Waals surface area contributed by atoms with E-state index in [1.807, 2.05) is 0 Å². The van der Waals surface area contributed by atoms with E-state index >= 15 is 0 Å². The second-order valence-electron chi connectivity index (χ2n) is 3.31. The number of methoxy groups -OCH3 is 1. The van der Waals surface area contributed by atoms with Crippen LogP contribution in [0.15, 0.2) is 18.2 Å². The smallest absolute Gasteiger partial charge is 0.232 e. The first kappa shape index (κ1) is 14.4. The van der Waals surface area contributed by atoms with Gasteiger partial charge in [0.15, 0.2) is 0 Å². The van der Waals surface area contributed by atoms with Gasteiger partial charge in [-0.15, -0.1) is 11.6 Å². The van der Waals surface area contributed by atoms with Gasteiger partial charge in [0.1, 0.15) is 5.75 Å². The number of halogens is 2. The lowest BCUT2D eigenvalue weighted by Gasteiger charge is -2.10. The predicted octanol–water partition coefficient (Wildman–Crippen LogP) is 2.72. The Hall–Kier alpha value is -0.650. The van der Waals surface area contributed by atoms with E-state index in [1.165, 1.54) is 13.2 Å². The minimum absolute atomic E-state index is 0.0377. The molecule has 0 radical (unpaired) electrons. The molecule has 0 aromatic heterocycles. The van der Waals surface area contributed by atoms with Crippen LogP contribution in [0.4, 0.5) is 5.69 Å². The van der Waals surface area contributed by atoms with Crippen LogP contribution < -0.4 is 9.46 Å². The molecule has 0 heterocycles. The highest BCUT2D eigenvalue weighted by molar-refractivity contribution is 7.92. The van der Waals surface area contributed by atoms with Crippen molar-refractivity contribution in [2.24, 2.45) is 0 Å². The van der Waals surface area contributed by atoms with E-state index in [0.29, 0.717) is 28.8 Å². The van der Waals surface area contributed by atoms with Crippen molar-refractivity contribution >= 4 is 38.9 Å². The zero-order valence-corrected chi connectivity index (χ0v) is 11.6. The minimum Gasteiger partial charge on any atom is -0.497 e. The first-order valence-corrected chi connectivity index (χ1v) is 7.45. The summed E-state index contributed by atoms with van der Waals surface area (Å²) in [5, 5.41) is 0.320. The molecule has 0 bridgehead atoms. The molecule has 0 saturated carbocycles. The molecule has 96 valence electrons. The molecule has 1 rings (SSSR count). The Balaban J connectivity index is 2.87. The Morgan fingerprint density at radius 1 is 1.41 bits per heavy atom. The van der Waals surface area contributed by atoms with E-state index < -0.39 is 10.0 Å². The molecule has 17 heavy (non-hydrogen) atoms. The Kier molecular flexibility index (Phi) is 5.36. The largest absolute Gasteiger partial charge is 0.497 e. The molecule has 0 aliphatic heterocycles. The molecule has 1 N–H and O–H groups in total. The van der Waals surface area contributed by atoms with Gasteiger partial charge in [-0.05, 0) is 18.6 Å². The van der Waals surface area contributed by atoms with E-state index in [9.17, 15) is 8.42 Å². The fourth-order valence-corrected chi connectivity index (χ4v) is 2.82. The van der Waals surface area contributed by atoms with Gasteiger partial charge in [-0.25, -0.2) is 8.42 Å². The molecule has 4 nitrogen and oxygen atoms in total. The summed E-state index contributed by atoms with van der Waals surface area (Å²) < 4.78 is 30.7. The summed E-state index contributed by atoms with van der Waals surface area (Å²) in [5.74, 6) is 0.793. The van der Waals surface area contributed by atoms with E-state index in [2.05, 4.69) is 4.72 Å². The summed E-state index contributed by atoms with van der Waals surface area (Å²) >= 11 is 11.3. The van der Waals surface area contributed by atoms with Crippen LogP contribution in [0.25, 0.3) is 0 Å². The van der Waals surface area contributed by atoms with Crippen molar-refractivity contribution in [3.8, 4) is 5.75 Å². The van der Waals surface area contributed by atoms with Crippen molar-refractivity contribution in [3.63, 3.8) is 0 Å². The molecule has 1 aromatic rings. The van der Waals surface area contributed by atoms with Gasteiger partial charge in [0, 0.05) is 11.9 Å².